The zero-order valence-corrected chi connectivity index (χ0v) is 17.9. The predicted molar refractivity (Wildman–Crippen MR) is 112 cm³/mol. The molecule has 0 spiro atoms. The van der Waals surface area contributed by atoms with E-state index in [1.807, 2.05) is 0 Å². The van der Waals surface area contributed by atoms with Gasteiger partial charge in [-0.15, -0.1) is 0 Å². The summed E-state index contributed by atoms with van der Waals surface area (Å²) in [5, 5.41) is 2.86. The van der Waals surface area contributed by atoms with Crippen molar-refractivity contribution in [1.29, 1.82) is 0 Å². The van der Waals surface area contributed by atoms with Crippen molar-refractivity contribution < 1.29 is 21.6 Å². The average Bonchev–Trinajstić information content (AvgIpc) is 3.35. The lowest BCUT2D eigenvalue weighted by atomic mass is 10.2. The second-order valence-electron chi connectivity index (χ2n) is 7.52. The molecule has 1 saturated carbocycles. The van der Waals surface area contributed by atoms with Gasteiger partial charge in [-0.1, -0.05) is 6.07 Å². The minimum Gasteiger partial charge on any atom is -0.349 e. The van der Waals surface area contributed by atoms with Gasteiger partial charge in [-0.3, -0.25) is 9.52 Å². The SMILES string of the molecule is O=C(NC1CC1)c1cccc(NS(=O)(=O)c2ccc(S(=O)(=O)N3CCCC3)cc2)c1. The Morgan fingerprint density at radius 2 is 1.53 bits per heavy atom. The highest BCUT2D eigenvalue weighted by molar-refractivity contribution is 7.92. The molecule has 1 amide bonds. The number of hydrogen-bond acceptors (Lipinski definition) is 5. The summed E-state index contributed by atoms with van der Waals surface area (Å²) in [6.07, 6.45) is 3.57. The Morgan fingerprint density at radius 1 is 0.900 bits per heavy atom. The number of sulfonamides is 2. The summed E-state index contributed by atoms with van der Waals surface area (Å²) in [5.41, 5.74) is 0.626. The predicted octanol–water partition coefficient (Wildman–Crippen LogP) is 2.16. The molecule has 2 aliphatic rings. The van der Waals surface area contributed by atoms with E-state index in [9.17, 15) is 21.6 Å². The van der Waals surface area contributed by atoms with Crippen LogP contribution >= 0.6 is 0 Å². The molecule has 1 heterocycles. The highest BCUT2D eigenvalue weighted by Gasteiger charge is 2.28. The molecule has 2 N–H and O–H groups in total. The minimum atomic E-state index is -3.94. The van der Waals surface area contributed by atoms with Crippen LogP contribution in [0.15, 0.2) is 58.3 Å². The molecule has 0 bridgehead atoms. The topological polar surface area (TPSA) is 113 Å². The molecule has 0 aromatic heterocycles. The first-order valence-electron chi connectivity index (χ1n) is 9.80. The van der Waals surface area contributed by atoms with Gasteiger partial charge in [0.25, 0.3) is 15.9 Å². The van der Waals surface area contributed by atoms with Crippen LogP contribution in [-0.2, 0) is 20.0 Å². The summed E-state index contributed by atoms with van der Waals surface area (Å²) in [6.45, 7) is 0.962. The Kier molecular flexibility index (Phi) is 5.56. The first kappa shape index (κ1) is 20.8. The monoisotopic (exact) mass is 449 g/mol. The number of carbonyl (C=O) groups is 1. The lowest BCUT2D eigenvalue weighted by Gasteiger charge is -2.16. The summed E-state index contributed by atoms with van der Waals surface area (Å²) < 4.78 is 54.5. The lowest BCUT2D eigenvalue weighted by molar-refractivity contribution is 0.0951. The first-order chi connectivity index (χ1) is 14.3. The smallest absolute Gasteiger partial charge is 0.261 e. The summed E-state index contributed by atoms with van der Waals surface area (Å²) in [6, 6.07) is 11.6. The van der Waals surface area contributed by atoms with Crippen LogP contribution in [0.3, 0.4) is 0 Å². The second-order valence-corrected chi connectivity index (χ2v) is 11.1. The van der Waals surface area contributed by atoms with Crippen LogP contribution in [0.1, 0.15) is 36.0 Å². The first-order valence-corrected chi connectivity index (χ1v) is 12.7. The van der Waals surface area contributed by atoms with Gasteiger partial charge in [-0.25, -0.2) is 16.8 Å². The normalized spacial score (nSPS) is 17.6. The van der Waals surface area contributed by atoms with E-state index in [0.29, 0.717) is 18.7 Å². The van der Waals surface area contributed by atoms with E-state index in [1.54, 1.807) is 18.2 Å². The summed E-state index contributed by atoms with van der Waals surface area (Å²) in [4.78, 5) is 12.2. The molecular weight excluding hydrogens is 426 g/mol. The molecule has 2 fully saturated rings. The van der Waals surface area contributed by atoms with Crippen molar-refractivity contribution in [2.24, 2.45) is 0 Å². The van der Waals surface area contributed by atoms with Gasteiger partial charge in [0.15, 0.2) is 0 Å². The number of anilines is 1. The minimum absolute atomic E-state index is 0.0595. The maximum absolute atomic E-state index is 12.7. The highest BCUT2D eigenvalue weighted by atomic mass is 32.2. The largest absolute Gasteiger partial charge is 0.349 e. The number of nitrogens with zero attached hydrogens (tertiary/aromatic N) is 1. The van der Waals surface area contributed by atoms with Crippen molar-refractivity contribution in [3.05, 3.63) is 54.1 Å². The number of carbonyl (C=O) groups excluding carboxylic acids is 1. The fourth-order valence-electron chi connectivity index (χ4n) is 3.30. The number of amides is 1. The third-order valence-corrected chi connectivity index (χ3v) is 8.44. The third-order valence-electron chi connectivity index (χ3n) is 5.13. The van der Waals surface area contributed by atoms with Crippen LogP contribution in [-0.4, -0.2) is 46.2 Å². The van der Waals surface area contributed by atoms with E-state index < -0.39 is 20.0 Å². The van der Waals surface area contributed by atoms with Gasteiger partial charge >= 0.3 is 0 Å². The van der Waals surface area contributed by atoms with E-state index in [1.165, 1.54) is 34.6 Å². The van der Waals surface area contributed by atoms with Crippen LogP contribution in [0.2, 0.25) is 0 Å². The number of hydrogen-bond donors (Lipinski definition) is 2. The Bertz CT molecular complexity index is 1150. The molecule has 4 rings (SSSR count). The molecule has 160 valence electrons. The molecular formula is C20H23N3O5S2. The molecule has 2 aromatic rings. The van der Waals surface area contributed by atoms with E-state index in [-0.39, 0.29) is 27.4 Å². The van der Waals surface area contributed by atoms with Gasteiger partial charge in [0, 0.05) is 30.4 Å². The van der Waals surface area contributed by atoms with E-state index in [4.69, 9.17) is 0 Å². The highest BCUT2D eigenvalue weighted by Crippen LogP contribution is 2.24. The maximum atomic E-state index is 12.7. The Labute approximate surface area is 176 Å². The van der Waals surface area contributed by atoms with Gasteiger partial charge in [-0.05, 0) is 68.1 Å². The average molecular weight is 450 g/mol. The summed E-state index contributed by atoms with van der Waals surface area (Å²) in [5.74, 6) is -0.241. The molecule has 10 heteroatoms. The molecule has 8 nitrogen and oxygen atoms in total. The molecule has 1 saturated heterocycles. The van der Waals surface area contributed by atoms with E-state index >= 15 is 0 Å². The number of benzene rings is 2. The Hall–Kier alpha value is -2.43. The van der Waals surface area contributed by atoms with Crippen molar-refractivity contribution in [2.75, 3.05) is 17.8 Å². The van der Waals surface area contributed by atoms with E-state index in [0.717, 1.165) is 25.7 Å². The van der Waals surface area contributed by atoms with Crippen molar-refractivity contribution in [3.8, 4) is 0 Å². The molecule has 1 aliphatic heterocycles. The fourth-order valence-corrected chi connectivity index (χ4v) is 5.87. The van der Waals surface area contributed by atoms with Crippen molar-refractivity contribution in [1.82, 2.24) is 9.62 Å². The standard InChI is InChI=1S/C20H23N3O5S2/c24-20(21-16-6-7-16)15-4-3-5-17(14-15)22-29(25,26)18-8-10-19(11-9-18)30(27,28)23-12-1-2-13-23/h3-5,8-11,14,16,22H,1-2,6-7,12-13H2,(H,21,24). The van der Waals surface area contributed by atoms with E-state index in [2.05, 4.69) is 10.0 Å². The number of nitrogens with one attached hydrogen (secondary N) is 2. The fraction of sp³-hybridized carbons (Fsp3) is 0.350. The van der Waals surface area contributed by atoms with Gasteiger partial charge in [0.2, 0.25) is 10.0 Å². The van der Waals surface area contributed by atoms with Gasteiger partial charge in [0.1, 0.15) is 0 Å². The lowest BCUT2D eigenvalue weighted by Crippen LogP contribution is -2.27. The summed E-state index contributed by atoms with van der Waals surface area (Å²) >= 11 is 0. The van der Waals surface area contributed by atoms with Crippen molar-refractivity contribution in [2.45, 2.75) is 41.5 Å². The van der Waals surface area contributed by atoms with Crippen LogP contribution in [0.4, 0.5) is 5.69 Å². The molecule has 0 radical (unpaired) electrons. The Morgan fingerprint density at radius 3 is 2.17 bits per heavy atom. The van der Waals surface area contributed by atoms with Crippen molar-refractivity contribution in [3.63, 3.8) is 0 Å². The van der Waals surface area contributed by atoms with Crippen LogP contribution in [0.25, 0.3) is 0 Å². The maximum Gasteiger partial charge on any atom is 0.261 e. The number of rotatable bonds is 7. The quantitative estimate of drug-likeness (QED) is 0.673. The van der Waals surface area contributed by atoms with Crippen LogP contribution in [0.5, 0.6) is 0 Å². The van der Waals surface area contributed by atoms with Crippen LogP contribution in [0, 0.1) is 0 Å². The zero-order valence-electron chi connectivity index (χ0n) is 16.2. The molecule has 30 heavy (non-hydrogen) atoms. The molecule has 0 unspecified atom stereocenters. The molecule has 0 atom stereocenters. The third kappa shape index (κ3) is 4.50. The van der Waals surface area contributed by atoms with Gasteiger partial charge < -0.3 is 5.32 Å². The van der Waals surface area contributed by atoms with Gasteiger partial charge in [-0.2, -0.15) is 4.31 Å². The molecule has 2 aromatic carbocycles. The second kappa shape index (κ2) is 8.01. The zero-order chi connectivity index (χ0) is 21.4. The molecule has 1 aliphatic carbocycles. The van der Waals surface area contributed by atoms with Crippen molar-refractivity contribution >= 4 is 31.6 Å². The summed E-state index contributed by atoms with van der Waals surface area (Å²) in [7, 11) is -7.54. The van der Waals surface area contributed by atoms with Crippen LogP contribution < -0.4 is 10.0 Å². The Balaban J connectivity index is 1.50. The van der Waals surface area contributed by atoms with Gasteiger partial charge in [0.05, 0.1) is 9.79 Å².